The molecule has 0 atom stereocenters. The zero-order valence-electron chi connectivity index (χ0n) is 12.9. The Labute approximate surface area is 128 Å². The zero-order valence-corrected chi connectivity index (χ0v) is 12.9. The summed E-state index contributed by atoms with van der Waals surface area (Å²) >= 11 is 0. The molecule has 0 aliphatic heterocycles. The average molecular weight is 301 g/mol. The van der Waals surface area contributed by atoms with Crippen molar-refractivity contribution in [3.05, 3.63) is 52.3 Å². The molecule has 22 heavy (non-hydrogen) atoms. The maximum absolute atomic E-state index is 12.2. The number of pyridine rings is 1. The molecular formula is C17H19NO4. The molecule has 2 rings (SSSR count). The van der Waals surface area contributed by atoms with Gasteiger partial charge in [0.1, 0.15) is 5.75 Å². The Bertz CT molecular complexity index is 729. The number of nitrogens with zero attached hydrogens (tertiary/aromatic N) is 1. The second-order valence-corrected chi connectivity index (χ2v) is 5.37. The van der Waals surface area contributed by atoms with Crippen LogP contribution in [0.3, 0.4) is 0 Å². The van der Waals surface area contributed by atoms with Gasteiger partial charge in [0.2, 0.25) is 0 Å². The first-order valence-electron chi connectivity index (χ1n) is 7.06. The van der Waals surface area contributed by atoms with Gasteiger partial charge in [-0.05, 0) is 49.7 Å². The van der Waals surface area contributed by atoms with E-state index in [1.165, 1.54) is 4.57 Å². The highest BCUT2D eigenvalue weighted by atomic mass is 16.5. The average Bonchev–Trinajstić information content (AvgIpc) is 2.44. The van der Waals surface area contributed by atoms with Crippen molar-refractivity contribution < 1.29 is 14.6 Å². The zero-order chi connectivity index (χ0) is 16.3. The number of aromatic nitrogens is 1. The number of aliphatic carboxylic acids is 1. The highest BCUT2D eigenvalue weighted by Gasteiger charge is 2.10. The Balaban J connectivity index is 2.35. The van der Waals surface area contributed by atoms with Gasteiger partial charge in [0, 0.05) is 12.6 Å². The van der Waals surface area contributed by atoms with E-state index in [0.717, 1.165) is 17.0 Å². The minimum atomic E-state index is -1.01. The van der Waals surface area contributed by atoms with Gasteiger partial charge in [0.25, 0.3) is 5.56 Å². The van der Waals surface area contributed by atoms with E-state index in [0.29, 0.717) is 0 Å². The highest BCUT2D eigenvalue weighted by molar-refractivity contribution is 5.70. The Hall–Kier alpha value is -2.56. The first-order chi connectivity index (χ1) is 10.4. The number of hydrogen-bond acceptors (Lipinski definition) is 3. The fourth-order valence-electron chi connectivity index (χ4n) is 2.25. The number of ether oxygens (including phenoxy) is 1. The topological polar surface area (TPSA) is 68.5 Å². The molecule has 1 aromatic carbocycles. The summed E-state index contributed by atoms with van der Waals surface area (Å²) in [6, 6.07) is 10.8. The number of rotatable bonds is 5. The molecule has 5 heteroatoms. The van der Waals surface area contributed by atoms with E-state index in [1.54, 1.807) is 19.2 Å². The second kappa shape index (κ2) is 6.47. The predicted octanol–water partition coefficient (Wildman–Crippen LogP) is 2.47. The molecule has 0 amide bonds. The third kappa shape index (κ3) is 3.55. The normalized spacial score (nSPS) is 10.7. The number of carbonyl (C=O) groups is 1. The maximum Gasteiger partial charge on any atom is 0.308 e. The molecule has 116 valence electrons. The SMILES string of the molecule is CC(C)Oc1ccc(-c2ccc(CC(=O)O)c(=O)n2C)cc1. The van der Waals surface area contributed by atoms with Crippen LogP contribution in [0.4, 0.5) is 0 Å². The molecule has 0 spiro atoms. The van der Waals surface area contributed by atoms with E-state index in [1.807, 2.05) is 38.1 Å². The molecule has 0 saturated carbocycles. The predicted molar refractivity (Wildman–Crippen MR) is 84.2 cm³/mol. The van der Waals surface area contributed by atoms with Gasteiger partial charge >= 0.3 is 5.97 Å². The summed E-state index contributed by atoms with van der Waals surface area (Å²) in [5, 5.41) is 8.81. The van der Waals surface area contributed by atoms with Crippen molar-refractivity contribution in [3.63, 3.8) is 0 Å². The van der Waals surface area contributed by atoms with Crippen molar-refractivity contribution in [2.24, 2.45) is 7.05 Å². The van der Waals surface area contributed by atoms with Gasteiger partial charge in [0.15, 0.2) is 0 Å². The van der Waals surface area contributed by atoms with E-state index < -0.39 is 5.97 Å². The lowest BCUT2D eigenvalue weighted by molar-refractivity contribution is -0.136. The standard InChI is InChI=1S/C17H19NO4/c1-11(2)22-14-7-4-12(5-8-14)15-9-6-13(10-16(19)20)17(21)18(15)3/h4-9,11H,10H2,1-3H3,(H,19,20). The van der Waals surface area contributed by atoms with Crippen LogP contribution in [0.2, 0.25) is 0 Å². The minimum Gasteiger partial charge on any atom is -0.491 e. The number of benzene rings is 1. The van der Waals surface area contributed by atoms with Crippen molar-refractivity contribution >= 4 is 5.97 Å². The van der Waals surface area contributed by atoms with Gasteiger partial charge in [-0.25, -0.2) is 0 Å². The van der Waals surface area contributed by atoms with Crippen LogP contribution in [0.15, 0.2) is 41.2 Å². The van der Waals surface area contributed by atoms with Gasteiger partial charge in [-0.1, -0.05) is 6.07 Å². The van der Waals surface area contributed by atoms with Gasteiger partial charge in [0.05, 0.1) is 18.2 Å². The van der Waals surface area contributed by atoms with E-state index in [-0.39, 0.29) is 23.6 Å². The molecule has 0 aliphatic carbocycles. The van der Waals surface area contributed by atoms with Gasteiger partial charge in [-0.3, -0.25) is 9.59 Å². The molecule has 0 aliphatic rings. The summed E-state index contributed by atoms with van der Waals surface area (Å²) in [4.78, 5) is 22.9. The van der Waals surface area contributed by atoms with Crippen LogP contribution < -0.4 is 10.3 Å². The first-order valence-corrected chi connectivity index (χ1v) is 7.06. The van der Waals surface area contributed by atoms with Crippen molar-refractivity contribution in [3.8, 4) is 17.0 Å². The van der Waals surface area contributed by atoms with Crippen molar-refractivity contribution in [1.82, 2.24) is 4.57 Å². The fraction of sp³-hybridized carbons (Fsp3) is 0.294. The third-order valence-electron chi connectivity index (χ3n) is 3.25. The van der Waals surface area contributed by atoms with Crippen LogP contribution in [0.25, 0.3) is 11.3 Å². The van der Waals surface area contributed by atoms with Gasteiger partial charge < -0.3 is 14.4 Å². The molecule has 0 radical (unpaired) electrons. The molecule has 0 saturated heterocycles. The van der Waals surface area contributed by atoms with Crippen molar-refractivity contribution in [1.29, 1.82) is 0 Å². The van der Waals surface area contributed by atoms with Crippen molar-refractivity contribution in [2.75, 3.05) is 0 Å². The molecule has 5 nitrogen and oxygen atoms in total. The van der Waals surface area contributed by atoms with Crippen LogP contribution in [0, 0.1) is 0 Å². The van der Waals surface area contributed by atoms with Crippen LogP contribution in [-0.4, -0.2) is 21.7 Å². The third-order valence-corrected chi connectivity index (χ3v) is 3.25. The van der Waals surface area contributed by atoms with Gasteiger partial charge in [-0.2, -0.15) is 0 Å². The molecule has 1 heterocycles. The molecule has 0 unspecified atom stereocenters. The highest BCUT2D eigenvalue weighted by Crippen LogP contribution is 2.22. The molecular weight excluding hydrogens is 282 g/mol. The fourth-order valence-corrected chi connectivity index (χ4v) is 2.25. The summed E-state index contributed by atoms with van der Waals surface area (Å²) in [6.07, 6.45) is -0.167. The van der Waals surface area contributed by atoms with E-state index in [9.17, 15) is 9.59 Å². The molecule has 1 N–H and O–H groups in total. The largest absolute Gasteiger partial charge is 0.491 e. The monoisotopic (exact) mass is 301 g/mol. The number of carboxylic acids is 1. The quantitative estimate of drug-likeness (QED) is 0.921. The van der Waals surface area contributed by atoms with Crippen molar-refractivity contribution in [2.45, 2.75) is 26.4 Å². The summed E-state index contributed by atoms with van der Waals surface area (Å²) < 4.78 is 7.06. The summed E-state index contributed by atoms with van der Waals surface area (Å²) in [6.45, 7) is 3.91. The number of hydrogen-bond donors (Lipinski definition) is 1. The summed E-state index contributed by atoms with van der Waals surface area (Å²) in [7, 11) is 1.64. The minimum absolute atomic E-state index is 0.102. The van der Waals surface area contributed by atoms with Crippen LogP contribution >= 0.6 is 0 Å². The Morgan fingerprint density at radius 2 is 1.82 bits per heavy atom. The lowest BCUT2D eigenvalue weighted by Gasteiger charge is -2.12. The van der Waals surface area contributed by atoms with E-state index in [2.05, 4.69) is 0 Å². The maximum atomic E-state index is 12.2. The molecule has 2 aromatic rings. The van der Waals surface area contributed by atoms with E-state index in [4.69, 9.17) is 9.84 Å². The van der Waals surface area contributed by atoms with Crippen LogP contribution in [-0.2, 0) is 18.3 Å². The van der Waals surface area contributed by atoms with E-state index >= 15 is 0 Å². The first kappa shape index (κ1) is 15.8. The molecule has 0 bridgehead atoms. The Morgan fingerprint density at radius 3 is 2.36 bits per heavy atom. The lowest BCUT2D eigenvalue weighted by Crippen LogP contribution is -2.23. The lowest BCUT2D eigenvalue weighted by atomic mass is 10.1. The molecule has 0 fully saturated rings. The Morgan fingerprint density at radius 1 is 1.18 bits per heavy atom. The smallest absolute Gasteiger partial charge is 0.308 e. The number of carboxylic acid groups (broad SMARTS) is 1. The van der Waals surface area contributed by atoms with Crippen LogP contribution in [0.1, 0.15) is 19.4 Å². The Kier molecular flexibility index (Phi) is 4.65. The van der Waals surface area contributed by atoms with Crippen LogP contribution in [0.5, 0.6) is 5.75 Å². The second-order valence-electron chi connectivity index (χ2n) is 5.37. The van der Waals surface area contributed by atoms with Gasteiger partial charge in [-0.15, -0.1) is 0 Å². The summed E-state index contributed by atoms with van der Waals surface area (Å²) in [5.41, 5.74) is 1.59. The summed E-state index contributed by atoms with van der Waals surface area (Å²) in [5.74, 6) is -0.244. The molecule has 1 aromatic heterocycles.